The van der Waals surface area contributed by atoms with Gasteiger partial charge in [0, 0.05) is 41.5 Å². The second-order valence-corrected chi connectivity index (χ2v) is 7.87. The molecule has 3 nitrogen and oxygen atoms in total. The van der Waals surface area contributed by atoms with Crippen LogP contribution in [-0.2, 0) is 11.3 Å². The number of hydrogen-bond donors (Lipinski definition) is 1. The number of morpholine rings is 1. The Morgan fingerprint density at radius 3 is 2.62 bits per heavy atom. The predicted octanol–water partition coefficient (Wildman–Crippen LogP) is 3.18. The smallest absolute Gasteiger partial charge is 0.0594 e. The minimum absolute atomic E-state index is 0.383. The standard InChI is InChI=1S/C17H28N2OS/c1-15-5-6-16(21-15)13-18-14-17(7-3-2-4-8-17)19-9-11-20-12-10-19/h5-6,18H,2-4,7-14H2,1H3. The molecule has 0 atom stereocenters. The molecular formula is C17H28N2OS. The van der Waals surface area contributed by atoms with Gasteiger partial charge in [-0.2, -0.15) is 0 Å². The lowest BCUT2D eigenvalue weighted by Gasteiger charge is -2.48. The third-order valence-electron chi connectivity index (χ3n) is 5.02. The SMILES string of the molecule is Cc1ccc(CNCC2(N3CCOCC3)CCCCC2)s1. The maximum atomic E-state index is 5.55. The summed E-state index contributed by atoms with van der Waals surface area (Å²) in [5.41, 5.74) is 0.383. The minimum Gasteiger partial charge on any atom is -0.379 e. The van der Waals surface area contributed by atoms with Crippen LogP contribution in [0.15, 0.2) is 12.1 Å². The van der Waals surface area contributed by atoms with Gasteiger partial charge in [-0.25, -0.2) is 0 Å². The molecule has 0 bridgehead atoms. The Morgan fingerprint density at radius 1 is 1.19 bits per heavy atom. The van der Waals surface area contributed by atoms with Crippen molar-refractivity contribution >= 4 is 11.3 Å². The second-order valence-electron chi connectivity index (χ2n) is 6.50. The summed E-state index contributed by atoms with van der Waals surface area (Å²) >= 11 is 1.91. The van der Waals surface area contributed by atoms with Crippen molar-refractivity contribution in [3.63, 3.8) is 0 Å². The van der Waals surface area contributed by atoms with Gasteiger partial charge in [-0.3, -0.25) is 4.90 Å². The lowest BCUT2D eigenvalue weighted by molar-refractivity contribution is -0.0369. The topological polar surface area (TPSA) is 24.5 Å². The van der Waals surface area contributed by atoms with Crippen LogP contribution in [0, 0.1) is 6.92 Å². The van der Waals surface area contributed by atoms with Crippen LogP contribution < -0.4 is 5.32 Å². The van der Waals surface area contributed by atoms with Crippen LogP contribution in [0.2, 0.25) is 0 Å². The average molecular weight is 308 g/mol. The predicted molar refractivity (Wildman–Crippen MR) is 89.0 cm³/mol. The van der Waals surface area contributed by atoms with E-state index in [-0.39, 0.29) is 0 Å². The Hall–Kier alpha value is -0.420. The maximum Gasteiger partial charge on any atom is 0.0594 e. The first-order valence-electron chi connectivity index (χ1n) is 8.37. The Kier molecular flexibility index (Phi) is 5.33. The minimum atomic E-state index is 0.383. The fraction of sp³-hybridized carbons (Fsp3) is 0.765. The van der Waals surface area contributed by atoms with Gasteiger partial charge in [0.1, 0.15) is 0 Å². The molecule has 0 radical (unpaired) electrons. The molecule has 4 heteroatoms. The number of thiophene rings is 1. The van der Waals surface area contributed by atoms with Gasteiger partial charge in [0.25, 0.3) is 0 Å². The summed E-state index contributed by atoms with van der Waals surface area (Å²) in [5.74, 6) is 0. The van der Waals surface area contributed by atoms with Crippen molar-refractivity contribution in [1.82, 2.24) is 10.2 Å². The highest BCUT2D eigenvalue weighted by atomic mass is 32.1. The summed E-state index contributed by atoms with van der Waals surface area (Å²) in [5, 5.41) is 3.75. The Bertz CT molecular complexity index is 434. The third kappa shape index (κ3) is 3.86. The highest BCUT2D eigenvalue weighted by Crippen LogP contribution is 2.34. The van der Waals surface area contributed by atoms with Gasteiger partial charge in [-0.15, -0.1) is 11.3 Å². The Balaban J connectivity index is 1.59. The van der Waals surface area contributed by atoms with E-state index in [9.17, 15) is 0 Å². The summed E-state index contributed by atoms with van der Waals surface area (Å²) in [7, 11) is 0. The van der Waals surface area contributed by atoms with Crippen molar-refractivity contribution in [3.05, 3.63) is 21.9 Å². The van der Waals surface area contributed by atoms with Crippen molar-refractivity contribution in [2.45, 2.75) is 51.1 Å². The molecule has 1 N–H and O–H groups in total. The zero-order valence-corrected chi connectivity index (χ0v) is 14.0. The van der Waals surface area contributed by atoms with Crippen LogP contribution >= 0.6 is 11.3 Å². The summed E-state index contributed by atoms with van der Waals surface area (Å²) < 4.78 is 5.55. The van der Waals surface area contributed by atoms with Crippen LogP contribution in [0.1, 0.15) is 41.9 Å². The molecule has 1 aromatic heterocycles. The van der Waals surface area contributed by atoms with Crippen LogP contribution in [-0.4, -0.2) is 43.3 Å². The first-order valence-corrected chi connectivity index (χ1v) is 9.19. The lowest BCUT2D eigenvalue weighted by atomic mass is 9.79. The zero-order chi connectivity index (χ0) is 14.5. The lowest BCUT2D eigenvalue weighted by Crippen LogP contribution is -2.59. The van der Waals surface area contributed by atoms with Crippen molar-refractivity contribution in [2.75, 3.05) is 32.8 Å². The quantitative estimate of drug-likeness (QED) is 0.904. The van der Waals surface area contributed by atoms with Gasteiger partial charge < -0.3 is 10.1 Å². The van der Waals surface area contributed by atoms with E-state index in [0.717, 1.165) is 39.4 Å². The summed E-state index contributed by atoms with van der Waals surface area (Å²) in [4.78, 5) is 5.58. The normalized spacial score (nSPS) is 23.3. The fourth-order valence-electron chi connectivity index (χ4n) is 3.85. The average Bonchev–Trinajstić information content (AvgIpc) is 2.95. The molecule has 1 aliphatic carbocycles. The zero-order valence-electron chi connectivity index (χ0n) is 13.2. The molecule has 0 amide bonds. The molecule has 1 saturated carbocycles. The van der Waals surface area contributed by atoms with Gasteiger partial charge in [0.05, 0.1) is 13.2 Å². The van der Waals surface area contributed by atoms with E-state index in [1.807, 2.05) is 11.3 Å². The monoisotopic (exact) mass is 308 g/mol. The van der Waals surface area contributed by atoms with Crippen molar-refractivity contribution in [2.24, 2.45) is 0 Å². The van der Waals surface area contributed by atoms with E-state index in [1.165, 1.54) is 41.9 Å². The molecule has 0 unspecified atom stereocenters. The van der Waals surface area contributed by atoms with Crippen molar-refractivity contribution < 1.29 is 4.74 Å². The van der Waals surface area contributed by atoms with E-state index in [4.69, 9.17) is 4.74 Å². The highest BCUT2D eigenvalue weighted by Gasteiger charge is 2.38. The van der Waals surface area contributed by atoms with Crippen molar-refractivity contribution in [1.29, 1.82) is 0 Å². The maximum absolute atomic E-state index is 5.55. The number of nitrogens with zero attached hydrogens (tertiary/aromatic N) is 1. The van der Waals surface area contributed by atoms with Gasteiger partial charge in [0.15, 0.2) is 0 Å². The van der Waals surface area contributed by atoms with E-state index < -0.39 is 0 Å². The van der Waals surface area contributed by atoms with Crippen LogP contribution in [0.4, 0.5) is 0 Å². The van der Waals surface area contributed by atoms with Gasteiger partial charge in [-0.05, 0) is 31.9 Å². The van der Waals surface area contributed by atoms with Crippen LogP contribution in [0.25, 0.3) is 0 Å². The third-order valence-corrected chi connectivity index (χ3v) is 6.02. The molecule has 3 rings (SSSR count). The molecule has 118 valence electrons. The molecule has 1 aromatic rings. The second kappa shape index (κ2) is 7.23. The first kappa shape index (κ1) is 15.5. The molecule has 2 heterocycles. The van der Waals surface area contributed by atoms with E-state index in [0.29, 0.717) is 5.54 Å². The number of nitrogens with one attached hydrogen (secondary N) is 1. The van der Waals surface area contributed by atoms with Gasteiger partial charge >= 0.3 is 0 Å². The summed E-state index contributed by atoms with van der Waals surface area (Å²) in [6.07, 6.45) is 6.89. The van der Waals surface area contributed by atoms with Gasteiger partial charge in [0.2, 0.25) is 0 Å². The van der Waals surface area contributed by atoms with E-state index in [2.05, 4.69) is 29.3 Å². The number of rotatable bonds is 5. The van der Waals surface area contributed by atoms with Crippen LogP contribution in [0.5, 0.6) is 0 Å². The molecular weight excluding hydrogens is 280 g/mol. The van der Waals surface area contributed by atoms with E-state index in [1.54, 1.807) is 0 Å². The molecule has 1 aliphatic heterocycles. The number of ether oxygens (including phenoxy) is 1. The highest BCUT2D eigenvalue weighted by molar-refractivity contribution is 7.11. The summed E-state index contributed by atoms with van der Waals surface area (Å²) in [6.45, 7) is 8.37. The Labute approximate surface area is 132 Å². The molecule has 0 spiro atoms. The first-order chi connectivity index (χ1) is 10.3. The van der Waals surface area contributed by atoms with Crippen molar-refractivity contribution in [3.8, 4) is 0 Å². The molecule has 2 aliphatic rings. The fourth-order valence-corrected chi connectivity index (χ4v) is 4.71. The van der Waals surface area contributed by atoms with Crippen LogP contribution in [0.3, 0.4) is 0 Å². The molecule has 0 aromatic carbocycles. The number of hydrogen-bond acceptors (Lipinski definition) is 4. The Morgan fingerprint density at radius 2 is 1.95 bits per heavy atom. The van der Waals surface area contributed by atoms with E-state index >= 15 is 0 Å². The molecule has 1 saturated heterocycles. The number of aryl methyl sites for hydroxylation is 1. The largest absolute Gasteiger partial charge is 0.379 e. The molecule has 2 fully saturated rings. The summed E-state index contributed by atoms with van der Waals surface area (Å²) in [6, 6.07) is 4.48. The van der Waals surface area contributed by atoms with Gasteiger partial charge in [-0.1, -0.05) is 19.3 Å². The molecule has 21 heavy (non-hydrogen) atoms.